The lowest BCUT2D eigenvalue weighted by Gasteiger charge is -2.20. The summed E-state index contributed by atoms with van der Waals surface area (Å²) in [7, 11) is 1.23. The lowest BCUT2D eigenvalue weighted by Crippen LogP contribution is -2.35. The SMILES string of the molecule is COC(=O)C1COC(CN(C(=O)O)c2cc(Cl)c(Cl)cc2Cl)=N1. The highest BCUT2D eigenvalue weighted by Crippen LogP contribution is 2.34. The summed E-state index contributed by atoms with van der Waals surface area (Å²) in [5.41, 5.74) is 0.126. The van der Waals surface area contributed by atoms with Crippen LogP contribution < -0.4 is 4.90 Å². The maximum absolute atomic E-state index is 11.5. The molecule has 10 heteroatoms. The third-order valence-electron chi connectivity index (χ3n) is 2.99. The third-order valence-corrected chi connectivity index (χ3v) is 4.01. The van der Waals surface area contributed by atoms with Gasteiger partial charge in [0, 0.05) is 0 Å². The monoisotopic (exact) mass is 380 g/mol. The molecule has 0 radical (unpaired) electrons. The van der Waals surface area contributed by atoms with Crippen molar-refractivity contribution in [1.82, 2.24) is 0 Å². The van der Waals surface area contributed by atoms with Gasteiger partial charge in [0.15, 0.2) is 6.04 Å². The van der Waals surface area contributed by atoms with Crippen LogP contribution in [0.2, 0.25) is 15.1 Å². The summed E-state index contributed by atoms with van der Waals surface area (Å²) >= 11 is 17.8. The number of halogens is 3. The lowest BCUT2D eigenvalue weighted by atomic mass is 10.3. The quantitative estimate of drug-likeness (QED) is 0.639. The first-order valence-corrected chi connectivity index (χ1v) is 7.39. The summed E-state index contributed by atoms with van der Waals surface area (Å²) in [6.07, 6.45) is -1.29. The van der Waals surface area contributed by atoms with Crippen molar-refractivity contribution in [2.75, 3.05) is 25.2 Å². The number of ether oxygens (including phenoxy) is 2. The van der Waals surface area contributed by atoms with E-state index >= 15 is 0 Å². The second-order valence-corrected chi connectivity index (χ2v) is 5.68. The van der Waals surface area contributed by atoms with Crippen molar-refractivity contribution in [3.05, 3.63) is 27.2 Å². The molecule has 1 aromatic carbocycles. The number of aliphatic imine (C=N–C) groups is 1. The molecule has 0 spiro atoms. The summed E-state index contributed by atoms with van der Waals surface area (Å²) in [4.78, 5) is 27.8. The molecule has 7 nitrogen and oxygen atoms in total. The Hall–Kier alpha value is -1.70. The van der Waals surface area contributed by atoms with Crippen LogP contribution in [0.4, 0.5) is 10.5 Å². The Kier molecular flexibility index (Phi) is 5.56. The number of benzene rings is 1. The van der Waals surface area contributed by atoms with Crippen molar-refractivity contribution in [3.8, 4) is 0 Å². The topological polar surface area (TPSA) is 88.4 Å². The number of carbonyl (C=O) groups is 2. The molecule has 1 aliphatic heterocycles. The fourth-order valence-corrected chi connectivity index (χ4v) is 2.52. The van der Waals surface area contributed by atoms with E-state index in [2.05, 4.69) is 9.73 Å². The zero-order chi connectivity index (χ0) is 17.1. The largest absolute Gasteiger partial charge is 0.477 e. The first-order valence-electron chi connectivity index (χ1n) is 6.25. The summed E-state index contributed by atoms with van der Waals surface area (Å²) in [5, 5.41) is 9.84. The highest BCUT2D eigenvalue weighted by atomic mass is 35.5. The molecule has 0 bridgehead atoms. The molecule has 1 N–H and O–H groups in total. The standard InChI is InChI=1S/C13H11Cl3N2O5/c1-22-12(19)9-5-23-11(17-9)4-18(13(20)21)10-3-7(15)6(14)2-8(10)16/h2-3,9H,4-5H2,1H3,(H,20,21). The molecule has 23 heavy (non-hydrogen) atoms. The van der Waals surface area contributed by atoms with Crippen molar-refractivity contribution in [2.45, 2.75) is 6.04 Å². The highest BCUT2D eigenvalue weighted by Gasteiger charge is 2.29. The summed E-state index contributed by atoms with van der Waals surface area (Å²) < 4.78 is 9.78. The number of nitrogens with zero attached hydrogens (tertiary/aromatic N) is 2. The molecular formula is C13H11Cl3N2O5. The number of amides is 1. The molecule has 0 saturated carbocycles. The van der Waals surface area contributed by atoms with Gasteiger partial charge in [-0.3, -0.25) is 4.90 Å². The van der Waals surface area contributed by atoms with Gasteiger partial charge < -0.3 is 14.6 Å². The predicted octanol–water partition coefficient (Wildman–Crippen LogP) is 3.10. The van der Waals surface area contributed by atoms with Gasteiger partial charge in [0.05, 0.1) is 27.9 Å². The van der Waals surface area contributed by atoms with Gasteiger partial charge in [-0.1, -0.05) is 34.8 Å². The van der Waals surface area contributed by atoms with Crippen molar-refractivity contribution < 1.29 is 24.2 Å². The minimum Gasteiger partial charge on any atom is -0.477 e. The number of hydrogen-bond donors (Lipinski definition) is 1. The van der Waals surface area contributed by atoms with E-state index in [1.165, 1.54) is 19.2 Å². The van der Waals surface area contributed by atoms with E-state index < -0.39 is 18.1 Å². The van der Waals surface area contributed by atoms with Crippen LogP contribution in [-0.2, 0) is 14.3 Å². The molecule has 1 aliphatic rings. The van der Waals surface area contributed by atoms with Crippen LogP contribution in [0.5, 0.6) is 0 Å². The van der Waals surface area contributed by atoms with Crippen molar-refractivity contribution in [2.24, 2.45) is 4.99 Å². The predicted molar refractivity (Wildman–Crippen MR) is 86.0 cm³/mol. The molecule has 0 aliphatic carbocycles. The average Bonchev–Trinajstić information content (AvgIpc) is 2.96. The Morgan fingerprint density at radius 2 is 2.00 bits per heavy atom. The van der Waals surface area contributed by atoms with Crippen molar-refractivity contribution in [3.63, 3.8) is 0 Å². The Bertz CT molecular complexity index is 680. The summed E-state index contributed by atoms with van der Waals surface area (Å²) in [6.45, 7) is -0.245. The van der Waals surface area contributed by atoms with E-state index in [1.807, 2.05) is 0 Å². The van der Waals surface area contributed by atoms with Gasteiger partial charge in [-0.25, -0.2) is 14.6 Å². The number of esters is 1. The van der Waals surface area contributed by atoms with Gasteiger partial charge in [-0.15, -0.1) is 0 Å². The van der Waals surface area contributed by atoms with E-state index in [-0.39, 0.29) is 39.8 Å². The minimum absolute atomic E-state index is 0.00935. The van der Waals surface area contributed by atoms with E-state index in [4.69, 9.17) is 39.5 Å². The first-order chi connectivity index (χ1) is 10.8. The normalized spacial score (nSPS) is 16.5. The van der Waals surface area contributed by atoms with Crippen molar-refractivity contribution >= 4 is 58.5 Å². The van der Waals surface area contributed by atoms with E-state index in [1.54, 1.807) is 0 Å². The molecule has 124 valence electrons. The fraction of sp³-hybridized carbons (Fsp3) is 0.308. The smallest absolute Gasteiger partial charge is 0.412 e. The van der Waals surface area contributed by atoms with Gasteiger partial charge in [-0.05, 0) is 12.1 Å². The summed E-state index contributed by atoms with van der Waals surface area (Å²) in [6, 6.07) is 1.86. The Balaban J connectivity index is 2.26. The van der Waals surface area contributed by atoms with Gasteiger partial charge in [0.25, 0.3) is 0 Å². The second kappa shape index (κ2) is 7.25. The zero-order valence-electron chi connectivity index (χ0n) is 11.8. The fourth-order valence-electron chi connectivity index (χ4n) is 1.88. The highest BCUT2D eigenvalue weighted by molar-refractivity contribution is 6.44. The van der Waals surface area contributed by atoms with Gasteiger partial charge in [-0.2, -0.15) is 0 Å². The Morgan fingerprint density at radius 3 is 2.61 bits per heavy atom. The van der Waals surface area contributed by atoms with Gasteiger partial charge in [0.1, 0.15) is 13.2 Å². The van der Waals surface area contributed by atoms with Crippen LogP contribution >= 0.6 is 34.8 Å². The number of hydrogen-bond acceptors (Lipinski definition) is 5. The van der Waals surface area contributed by atoms with E-state index in [0.29, 0.717) is 0 Å². The van der Waals surface area contributed by atoms with Crippen LogP contribution in [0.1, 0.15) is 0 Å². The number of methoxy groups -OCH3 is 1. The molecule has 1 unspecified atom stereocenters. The van der Waals surface area contributed by atoms with Gasteiger partial charge in [0.2, 0.25) is 5.90 Å². The molecule has 1 atom stereocenters. The van der Waals surface area contributed by atoms with Crippen LogP contribution in [-0.4, -0.2) is 49.4 Å². The van der Waals surface area contributed by atoms with E-state index in [9.17, 15) is 14.7 Å². The molecule has 0 aromatic heterocycles. The molecule has 2 rings (SSSR count). The average molecular weight is 382 g/mol. The Morgan fingerprint density at radius 1 is 1.35 bits per heavy atom. The van der Waals surface area contributed by atoms with Crippen LogP contribution in [0.3, 0.4) is 0 Å². The maximum Gasteiger partial charge on any atom is 0.412 e. The molecule has 1 aromatic rings. The van der Waals surface area contributed by atoms with Crippen molar-refractivity contribution in [1.29, 1.82) is 0 Å². The first kappa shape index (κ1) is 17.7. The molecule has 0 saturated heterocycles. The van der Waals surface area contributed by atoms with Crippen LogP contribution in [0.25, 0.3) is 0 Å². The Labute approximate surface area is 146 Å². The number of carboxylic acid groups (broad SMARTS) is 1. The summed E-state index contributed by atoms with van der Waals surface area (Å²) in [5.74, 6) is -0.487. The van der Waals surface area contributed by atoms with Crippen LogP contribution in [0.15, 0.2) is 17.1 Å². The van der Waals surface area contributed by atoms with Gasteiger partial charge >= 0.3 is 12.1 Å². The maximum atomic E-state index is 11.5. The van der Waals surface area contributed by atoms with Crippen LogP contribution in [0, 0.1) is 0 Å². The number of carbonyl (C=O) groups excluding carboxylic acids is 1. The molecule has 1 heterocycles. The zero-order valence-corrected chi connectivity index (χ0v) is 14.0. The molecule has 0 fully saturated rings. The molecular weight excluding hydrogens is 371 g/mol. The lowest BCUT2D eigenvalue weighted by molar-refractivity contribution is -0.142. The number of anilines is 1. The van der Waals surface area contributed by atoms with E-state index in [0.717, 1.165) is 4.90 Å². The minimum atomic E-state index is -1.29. The third kappa shape index (κ3) is 3.99. The number of rotatable bonds is 4. The second-order valence-electron chi connectivity index (χ2n) is 4.46. The molecule has 1 amide bonds.